The highest BCUT2D eigenvalue weighted by Gasteiger charge is 2.34. The summed E-state index contributed by atoms with van der Waals surface area (Å²) < 4.78 is 5.39. The SMILES string of the molecule is O=C1/C(=C/c2ccc(O)cc2)S/C(=N\N=C\c2ccccc2)N1Cc1ccco1. The summed E-state index contributed by atoms with van der Waals surface area (Å²) in [4.78, 5) is 15.0. The molecule has 0 unspecified atom stereocenters. The standard InChI is InChI=1S/C22H17N3O3S/c26-18-10-8-16(9-11-18)13-20-21(27)25(15-19-7-4-12-28-19)22(29-20)24-23-14-17-5-2-1-3-6-17/h1-14,26H,15H2/b20-13-,23-14+,24-22-. The molecule has 1 amide bonds. The van der Waals surface area contributed by atoms with Gasteiger partial charge in [0.05, 0.1) is 23.9 Å². The number of carbonyl (C=O) groups is 1. The van der Waals surface area contributed by atoms with E-state index in [9.17, 15) is 9.90 Å². The third-order valence-electron chi connectivity index (χ3n) is 4.12. The molecule has 4 rings (SSSR count). The predicted molar refractivity (Wildman–Crippen MR) is 114 cm³/mol. The zero-order valence-electron chi connectivity index (χ0n) is 15.3. The van der Waals surface area contributed by atoms with Gasteiger partial charge in [0.2, 0.25) is 0 Å². The Labute approximate surface area is 171 Å². The minimum Gasteiger partial charge on any atom is -0.508 e. The number of hydrogen-bond donors (Lipinski definition) is 1. The van der Waals surface area contributed by atoms with E-state index in [-0.39, 0.29) is 18.2 Å². The molecule has 1 aliphatic heterocycles. The summed E-state index contributed by atoms with van der Waals surface area (Å²) in [6, 6.07) is 19.9. The molecule has 0 radical (unpaired) electrons. The molecule has 3 aromatic rings. The summed E-state index contributed by atoms with van der Waals surface area (Å²) in [6.45, 7) is 0.269. The van der Waals surface area contributed by atoms with Crippen LogP contribution in [0.2, 0.25) is 0 Å². The topological polar surface area (TPSA) is 78.4 Å². The molecule has 2 aromatic carbocycles. The molecule has 29 heavy (non-hydrogen) atoms. The van der Waals surface area contributed by atoms with E-state index < -0.39 is 0 Å². The van der Waals surface area contributed by atoms with Crippen LogP contribution in [-0.2, 0) is 11.3 Å². The monoisotopic (exact) mass is 403 g/mol. The van der Waals surface area contributed by atoms with Crippen molar-refractivity contribution in [3.8, 4) is 5.75 Å². The molecule has 144 valence electrons. The molecule has 1 fully saturated rings. The fourth-order valence-electron chi connectivity index (χ4n) is 2.69. The number of phenols is 1. The van der Waals surface area contributed by atoms with Crippen molar-refractivity contribution in [2.75, 3.05) is 0 Å². The number of phenolic OH excluding ortho intramolecular Hbond substituents is 1. The molecule has 1 aliphatic rings. The lowest BCUT2D eigenvalue weighted by Gasteiger charge is -2.12. The Hall–Kier alpha value is -3.58. The van der Waals surface area contributed by atoms with Gasteiger partial charge in [-0.15, -0.1) is 5.10 Å². The number of thioether (sulfide) groups is 1. The van der Waals surface area contributed by atoms with E-state index in [1.165, 1.54) is 16.7 Å². The summed E-state index contributed by atoms with van der Waals surface area (Å²) >= 11 is 1.25. The Kier molecular flexibility index (Phi) is 5.58. The van der Waals surface area contributed by atoms with Crippen molar-refractivity contribution in [3.05, 3.63) is 94.8 Å². The van der Waals surface area contributed by atoms with E-state index in [0.717, 1.165) is 11.1 Å². The van der Waals surface area contributed by atoms with Gasteiger partial charge in [0, 0.05) is 0 Å². The van der Waals surface area contributed by atoms with Crippen molar-refractivity contribution in [2.45, 2.75) is 6.54 Å². The average molecular weight is 403 g/mol. The summed E-state index contributed by atoms with van der Waals surface area (Å²) in [7, 11) is 0. The second-order valence-electron chi connectivity index (χ2n) is 6.21. The summed E-state index contributed by atoms with van der Waals surface area (Å²) in [6.07, 6.45) is 4.98. The predicted octanol–water partition coefficient (Wildman–Crippen LogP) is 4.49. The molecule has 2 heterocycles. The maximum atomic E-state index is 13.0. The summed E-state index contributed by atoms with van der Waals surface area (Å²) in [5.41, 5.74) is 1.73. The number of furan rings is 1. The fraction of sp³-hybridized carbons (Fsp3) is 0.0455. The van der Waals surface area contributed by atoms with Crippen LogP contribution < -0.4 is 0 Å². The van der Waals surface area contributed by atoms with Crippen LogP contribution in [0.4, 0.5) is 0 Å². The number of aromatic hydroxyl groups is 1. The molecule has 6 nitrogen and oxygen atoms in total. The van der Waals surface area contributed by atoms with Crippen LogP contribution >= 0.6 is 11.8 Å². The number of amidine groups is 1. The zero-order chi connectivity index (χ0) is 20.1. The molecule has 7 heteroatoms. The Bertz CT molecular complexity index is 1070. The summed E-state index contributed by atoms with van der Waals surface area (Å²) in [5.74, 6) is 0.659. The van der Waals surface area contributed by atoms with E-state index in [1.807, 2.05) is 36.4 Å². The number of nitrogens with zero attached hydrogens (tertiary/aromatic N) is 3. The highest BCUT2D eigenvalue weighted by molar-refractivity contribution is 8.18. The van der Waals surface area contributed by atoms with Crippen LogP contribution in [0, 0.1) is 0 Å². The number of hydrogen-bond acceptors (Lipinski definition) is 6. The maximum Gasteiger partial charge on any atom is 0.267 e. The van der Waals surface area contributed by atoms with Crippen molar-refractivity contribution < 1.29 is 14.3 Å². The number of rotatable bonds is 5. The van der Waals surface area contributed by atoms with Crippen LogP contribution in [-0.4, -0.2) is 27.3 Å². The van der Waals surface area contributed by atoms with Crippen LogP contribution in [0.25, 0.3) is 6.08 Å². The Morgan fingerprint density at radius 1 is 1.00 bits per heavy atom. The largest absolute Gasteiger partial charge is 0.508 e. The molecule has 1 aromatic heterocycles. The zero-order valence-corrected chi connectivity index (χ0v) is 16.1. The van der Waals surface area contributed by atoms with Crippen molar-refractivity contribution in [2.24, 2.45) is 10.2 Å². The Balaban J connectivity index is 1.61. The normalized spacial score (nSPS) is 17.1. The van der Waals surface area contributed by atoms with Crippen LogP contribution in [0.1, 0.15) is 16.9 Å². The van der Waals surface area contributed by atoms with Gasteiger partial charge in [0.25, 0.3) is 5.91 Å². The number of amides is 1. The van der Waals surface area contributed by atoms with Crippen LogP contribution in [0.15, 0.2) is 92.5 Å². The molecular weight excluding hydrogens is 386 g/mol. The molecular formula is C22H17N3O3S. The minimum absolute atomic E-state index is 0.173. The number of carbonyl (C=O) groups excluding carboxylic acids is 1. The van der Waals surface area contributed by atoms with E-state index >= 15 is 0 Å². The summed E-state index contributed by atoms with van der Waals surface area (Å²) in [5, 5.41) is 18.3. The van der Waals surface area contributed by atoms with Gasteiger partial charge in [-0.1, -0.05) is 42.5 Å². The molecule has 0 bridgehead atoms. The maximum absolute atomic E-state index is 13.0. The molecule has 0 aliphatic carbocycles. The van der Waals surface area contributed by atoms with Gasteiger partial charge in [-0.2, -0.15) is 5.10 Å². The van der Waals surface area contributed by atoms with Crippen LogP contribution in [0.5, 0.6) is 5.75 Å². The molecule has 0 spiro atoms. The average Bonchev–Trinajstić information content (AvgIpc) is 3.35. The van der Waals surface area contributed by atoms with Gasteiger partial charge in [-0.25, -0.2) is 0 Å². The Morgan fingerprint density at radius 2 is 1.79 bits per heavy atom. The molecule has 1 N–H and O–H groups in total. The Morgan fingerprint density at radius 3 is 2.52 bits per heavy atom. The second-order valence-corrected chi connectivity index (χ2v) is 7.22. The van der Waals surface area contributed by atoms with Crippen molar-refractivity contribution in [1.29, 1.82) is 0 Å². The quantitative estimate of drug-likeness (QED) is 0.387. The molecule has 0 atom stereocenters. The van der Waals surface area contributed by atoms with Gasteiger partial charge in [0.1, 0.15) is 11.5 Å². The third kappa shape index (κ3) is 4.64. The van der Waals surface area contributed by atoms with Crippen molar-refractivity contribution in [1.82, 2.24) is 4.90 Å². The lowest BCUT2D eigenvalue weighted by atomic mass is 10.2. The van der Waals surface area contributed by atoms with E-state index in [4.69, 9.17) is 4.42 Å². The first-order valence-electron chi connectivity index (χ1n) is 8.88. The first-order valence-corrected chi connectivity index (χ1v) is 9.69. The first-order chi connectivity index (χ1) is 14.2. The number of benzene rings is 2. The second kappa shape index (κ2) is 8.62. The highest BCUT2D eigenvalue weighted by atomic mass is 32.2. The van der Waals surface area contributed by atoms with Crippen LogP contribution in [0.3, 0.4) is 0 Å². The van der Waals surface area contributed by atoms with E-state index in [0.29, 0.717) is 15.8 Å². The third-order valence-corrected chi connectivity index (χ3v) is 5.12. The van der Waals surface area contributed by atoms with E-state index in [2.05, 4.69) is 10.2 Å². The van der Waals surface area contributed by atoms with Gasteiger partial charge in [-0.3, -0.25) is 9.69 Å². The minimum atomic E-state index is -0.173. The first kappa shape index (κ1) is 18.8. The van der Waals surface area contributed by atoms with Crippen molar-refractivity contribution >= 4 is 35.1 Å². The lowest BCUT2D eigenvalue weighted by molar-refractivity contribution is -0.122. The van der Waals surface area contributed by atoms with Gasteiger partial charge in [-0.05, 0) is 53.2 Å². The molecule has 0 saturated carbocycles. The van der Waals surface area contributed by atoms with Crippen molar-refractivity contribution in [3.63, 3.8) is 0 Å². The fourth-order valence-corrected chi connectivity index (χ4v) is 3.62. The lowest BCUT2D eigenvalue weighted by Crippen LogP contribution is -2.28. The molecule has 1 saturated heterocycles. The highest BCUT2D eigenvalue weighted by Crippen LogP contribution is 2.34. The smallest absolute Gasteiger partial charge is 0.267 e. The van der Waals surface area contributed by atoms with Gasteiger partial charge >= 0.3 is 0 Å². The van der Waals surface area contributed by atoms with Gasteiger partial charge < -0.3 is 9.52 Å². The van der Waals surface area contributed by atoms with Gasteiger partial charge in [0.15, 0.2) is 5.17 Å². The van der Waals surface area contributed by atoms with E-state index in [1.54, 1.807) is 48.9 Å².